The van der Waals surface area contributed by atoms with E-state index in [0.29, 0.717) is 5.76 Å². The first-order valence-corrected chi connectivity index (χ1v) is 5.14. The van der Waals surface area contributed by atoms with E-state index >= 15 is 0 Å². The van der Waals surface area contributed by atoms with Crippen molar-refractivity contribution in [1.29, 1.82) is 0 Å². The molecule has 0 aliphatic carbocycles. The second-order valence-corrected chi connectivity index (χ2v) is 3.47. The molecule has 1 rings (SSSR count). The van der Waals surface area contributed by atoms with Crippen molar-refractivity contribution in [3.8, 4) is 0 Å². The first kappa shape index (κ1) is 13.2. The number of carbonyl (C=O) groups excluding carboxylic acids is 1. The number of ether oxygens (including phenoxy) is 1. The summed E-state index contributed by atoms with van der Waals surface area (Å²) >= 11 is 0. The molecule has 0 radical (unpaired) electrons. The van der Waals surface area contributed by atoms with Crippen LogP contribution in [0, 0.1) is 0 Å². The minimum atomic E-state index is -0.945. The molecule has 0 aliphatic heterocycles. The summed E-state index contributed by atoms with van der Waals surface area (Å²) in [5.74, 6) is -0.593. The lowest BCUT2D eigenvalue weighted by atomic mass is 10.3. The van der Waals surface area contributed by atoms with Crippen LogP contribution in [0.1, 0.15) is 12.2 Å². The van der Waals surface area contributed by atoms with Crippen molar-refractivity contribution in [3.63, 3.8) is 0 Å². The van der Waals surface area contributed by atoms with Crippen LogP contribution >= 0.6 is 0 Å². The molecule has 1 amide bonds. The van der Waals surface area contributed by atoms with Crippen LogP contribution in [0.25, 0.3) is 0 Å². The molecule has 0 aromatic carbocycles. The van der Waals surface area contributed by atoms with Crippen molar-refractivity contribution in [2.45, 2.75) is 13.0 Å². The maximum absolute atomic E-state index is 11.6. The molecule has 1 aromatic rings. The Morgan fingerprint density at radius 2 is 2.29 bits per heavy atom. The van der Waals surface area contributed by atoms with Crippen molar-refractivity contribution in [2.24, 2.45) is 0 Å². The first-order valence-electron chi connectivity index (χ1n) is 5.14. The van der Waals surface area contributed by atoms with Crippen molar-refractivity contribution >= 4 is 11.9 Å². The Balaban J connectivity index is 2.58. The number of hydrogen-bond acceptors (Lipinski definition) is 4. The third kappa shape index (κ3) is 4.69. The van der Waals surface area contributed by atoms with Gasteiger partial charge >= 0.3 is 5.97 Å². The smallest absolute Gasteiger partial charge is 0.305 e. The van der Waals surface area contributed by atoms with E-state index < -0.39 is 5.97 Å². The Labute approximate surface area is 98.8 Å². The molecule has 1 aromatic heterocycles. The Hall–Kier alpha value is -1.82. The van der Waals surface area contributed by atoms with Crippen molar-refractivity contribution in [1.82, 2.24) is 4.90 Å². The predicted molar refractivity (Wildman–Crippen MR) is 58.3 cm³/mol. The molecular weight excluding hydrogens is 226 g/mol. The number of methoxy groups -OCH3 is 1. The maximum Gasteiger partial charge on any atom is 0.305 e. The van der Waals surface area contributed by atoms with Crippen LogP contribution in [0.3, 0.4) is 0 Å². The summed E-state index contributed by atoms with van der Waals surface area (Å²) < 4.78 is 9.86. The van der Waals surface area contributed by atoms with Gasteiger partial charge in [-0.05, 0) is 12.1 Å². The lowest BCUT2D eigenvalue weighted by Crippen LogP contribution is -2.34. The minimum absolute atomic E-state index is 0.0691. The summed E-state index contributed by atoms with van der Waals surface area (Å²) in [6.45, 7) is 0.320. The largest absolute Gasteiger partial charge is 0.481 e. The second-order valence-electron chi connectivity index (χ2n) is 3.47. The Morgan fingerprint density at radius 1 is 1.53 bits per heavy atom. The highest BCUT2D eigenvalue weighted by Crippen LogP contribution is 2.06. The highest BCUT2D eigenvalue weighted by Gasteiger charge is 2.16. The third-order valence-corrected chi connectivity index (χ3v) is 2.14. The molecule has 94 valence electrons. The zero-order chi connectivity index (χ0) is 12.7. The van der Waals surface area contributed by atoms with E-state index in [0.717, 1.165) is 0 Å². The molecule has 0 fully saturated rings. The molecule has 0 unspecified atom stereocenters. The van der Waals surface area contributed by atoms with Gasteiger partial charge in [0.05, 0.1) is 19.2 Å². The van der Waals surface area contributed by atoms with Gasteiger partial charge in [0.1, 0.15) is 12.4 Å². The van der Waals surface area contributed by atoms with Crippen LogP contribution in [0.2, 0.25) is 0 Å². The SMILES string of the molecule is COCC(=O)N(CCC(=O)O)Cc1ccco1. The lowest BCUT2D eigenvalue weighted by Gasteiger charge is -2.20. The number of carboxylic acids is 1. The number of aliphatic carboxylic acids is 1. The van der Waals surface area contributed by atoms with Crippen LogP contribution in [0.5, 0.6) is 0 Å². The van der Waals surface area contributed by atoms with Gasteiger partial charge in [0.25, 0.3) is 0 Å². The van der Waals surface area contributed by atoms with Gasteiger partial charge in [-0.25, -0.2) is 0 Å². The van der Waals surface area contributed by atoms with E-state index in [4.69, 9.17) is 14.3 Å². The molecule has 0 bridgehead atoms. The van der Waals surface area contributed by atoms with Gasteiger partial charge in [0.2, 0.25) is 5.91 Å². The topological polar surface area (TPSA) is 80.0 Å². The monoisotopic (exact) mass is 241 g/mol. The minimum Gasteiger partial charge on any atom is -0.481 e. The van der Waals surface area contributed by atoms with Crippen LogP contribution in [-0.2, 0) is 20.9 Å². The summed E-state index contributed by atoms with van der Waals surface area (Å²) in [6, 6.07) is 3.44. The quantitative estimate of drug-likeness (QED) is 0.761. The molecule has 0 spiro atoms. The van der Waals surface area contributed by atoms with Crippen LogP contribution in [0.15, 0.2) is 22.8 Å². The zero-order valence-electron chi connectivity index (χ0n) is 9.59. The highest BCUT2D eigenvalue weighted by molar-refractivity contribution is 5.78. The van der Waals surface area contributed by atoms with Crippen LogP contribution in [0.4, 0.5) is 0 Å². The van der Waals surface area contributed by atoms with Crippen molar-refractivity contribution in [3.05, 3.63) is 24.2 Å². The Kier molecular flexibility index (Phi) is 5.22. The average Bonchev–Trinajstić information content (AvgIpc) is 2.76. The fourth-order valence-corrected chi connectivity index (χ4v) is 1.33. The highest BCUT2D eigenvalue weighted by atomic mass is 16.5. The summed E-state index contributed by atoms with van der Waals surface area (Å²) in [5.41, 5.74) is 0. The second kappa shape index (κ2) is 6.70. The normalized spacial score (nSPS) is 10.2. The number of carboxylic acid groups (broad SMARTS) is 1. The zero-order valence-corrected chi connectivity index (χ0v) is 9.59. The van der Waals surface area contributed by atoms with Gasteiger partial charge in [-0.2, -0.15) is 0 Å². The fourth-order valence-electron chi connectivity index (χ4n) is 1.33. The molecule has 17 heavy (non-hydrogen) atoms. The summed E-state index contributed by atoms with van der Waals surface area (Å²) in [6.07, 6.45) is 1.40. The van der Waals surface area contributed by atoms with E-state index in [1.165, 1.54) is 18.3 Å². The predicted octanol–water partition coefficient (Wildman–Crippen LogP) is 0.729. The standard InChI is InChI=1S/C11H15NO5/c1-16-8-10(13)12(5-4-11(14)15)7-9-3-2-6-17-9/h2-3,6H,4-5,7-8H2,1H3,(H,14,15). The molecule has 0 saturated carbocycles. The Morgan fingerprint density at radius 3 is 2.82 bits per heavy atom. The van der Waals surface area contributed by atoms with Crippen molar-refractivity contribution < 1.29 is 23.8 Å². The van der Waals surface area contributed by atoms with E-state index in [9.17, 15) is 9.59 Å². The number of hydrogen-bond donors (Lipinski definition) is 1. The number of rotatable bonds is 7. The average molecular weight is 241 g/mol. The van der Waals surface area contributed by atoms with Gasteiger partial charge in [-0.1, -0.05) is 0 Å². The van der Waals surface area contributed by atoms with Gasteiger partial charge in [-0.3, -0.25) is 9.59 Å². The summed E-state index contributed by atoms with van der Waals surface area (Å²) in [7, 11) is 1.42. The summed E-state index contributed by atoms with van der Waals surface area (Å²) in [5, 5.41) is 8.61. The molecule has 6 nitrogen and oxygen atoms in total. The molecule has 0 saturated heterocycles. The third-order valence-electron chi connectivity index (χ3n) is 2.14. The van der Waals surface area contributed by atoms with Gasteiger partial charge in [0.15, 0.2) is 0 Å². The van der Waals surface area contributed by atoms with E-state index in [-0.39, 0.29) is 32.0 Å². The first-order chi connectivity index (χ1) is 8.13. The number of nitrogens with zero attached hydrogens (tertiary/aromatic N) is 1. The van der Waals surface area contributed by atoms with E-state index in [2.05, 4.69) is 0 Å². The molecule has 1 N–H and O–H groups in total. The molecule has 0 atom stereocenters. The van der Waals surface area contributed by atoms with Crippen LogP contribution < -0.4 is 0 Å². The lowest BCUT2D eigenvalue weighted by molar-refractivity contribution is -0.140. The van der Waals surface area contributed by atoms with Gasteiger partial charge in [-0.15, -0.1) is 0 Å². The Bertz CT molecular complexity index is 360. The maximum atomic E-state index is 11.6. The van der Waals surface area contributed by atoms with Gasteiger partial charge < -0.3 is 19.2 Å². The molecule has 1 heterocycles. The number of carbonyl (C=O) groups is 2. The van der Waals surface area contributed by atoms with E-state index in [1.807, 2.05) is 0 Å². The van der Waals surface area contributed by atoms with Crippen molar-refractivity contribution in [2.75, 3.05) is 20.3 Å². The number of furan rings is 1. The van der Waals surface area contributed by atoms with E-state index in [1.54, 1.807) is 12.1 Å². The fraction of sp³-hybridized carbons (Fsp3) is 0.455. The molecule has 6 heteroatoms. The van der Waals surface area contributed by atoms with Gasteiger partial charge in [0, 0.05) is 13.7 Å². The summed E-state index contributed by atoms with van der Waals surface area (Å²) in [4.78, 5) is 23.5. The molecule has 0 aliphatic rings. The number of amides is 1. The molecular formula is C11H15NO5. The van der Waals surface area contributed by atoms with Crippen LogP contribution in [-0.4, -0.2) is 42.1 Å².